The number of pyridine rings is 1. The van der Waals surface area contributed by atoms with Gasteiger partial charge in [0.2, 0.25) is 0 Å². The van der Waals surface area contributed by atoms with Gasteiger partial charge in [-0.2, -0.15) is 0 Å². The van der Waals surface area contributed by atoms with Crippen molar-refractivity contribution >= 4 is 10.9 Å². The number of nitrogens with two attached hydrogens (primary N) is 1. The fraction of sp³-hybridized carbons (Fsp3) is 0.357. The summed E-state index contributed by atoms with van der Waals surface area (Å²) in [4.78, 5) is 4.74. The van der Waals surface area contributed by atoms with Crippen LogP contribution >= 0.6 is 0 Å². The molecule has 2 heteroatoms. The molecule has 3 rings (SSSR count). The van der Waals surface area contributed by atoms with Crippen LogP contribution in [0.25, 0.3) is 10.9 Å². The molecule has 82 valence electrons. The Morgan fingerprint density at radius 3 is 3.00 bits per heavy atom. The van der Waals surface area contributed by atoms with Crippen molar-refractivity contribution in [3.63, 3.8) is 0 Å². The Morgan fingerprint density at radius 2 is 2.12 bits per heavy atom. The quantitative estimate of drug-likeness (QED) is 0.729. The second-order valence-corrected chi connectivity index (χ2v) is 4.82. The van der Waals surface area contributed by atoms with Crippen LogP contribution in [0, 0.1) is 0 Å². The second-order valence-electron chi connectivity index (χ2n) is 4.82. The number of hydrogen-bond acceptors (Lipinski definition) is 2. The summed E-state index contributed by atoms with van der Waals surface area (Å²) < 4.78 is 0. The Bertz CT molecular complexity index is 533. The average Bonchev–Trinajstić information content (AvgIpc) is 2.27. The van der Waals surface area contributed by atoms with E-state index in [9.17, 15) is 0 Å². The van der Waals surface area contributed by atoms with Gasteiger partial charge in [-0.25, -0.2) is 0 Å². The van der Waals surface area contributed by atoms with Crippen molar-refractivity contribution in [1.82, 2.24) is 4.98 Å². The topological polar surface area (TPSA) is 38.9 Å². The molecule has 1 aliphatic rings. The van der Waals surface area contributed by atoms with E-state index in [1.54, 1.807) is 0 Å². The third-order valence-corrected chi connectivity index (χ3v) is 3.48. The number of nitrogens with zero attached hydrogens (tertiary/aromatic N) is 1. The molecule has 0 saturated carbocycles. The predicted octanol–water partition coefficient (Wildman–Crippen LogP) is 2.61. The van der Waals surface area contributed by atoms with Crippen LogP contribution in [0.1, 0.15) is 30.5 Å². The zero-order chi connectivity index (χ0) is 11.1. The van der Waals surface area contributed by atoms with E-state index in [4.69, 9.17) is 10.7 Å². The SMILES string of the molecule is CC1CC(N)Cc2nc3ccccc3cc21. The van der Waals surface area contributed by atoms with Crippen molar-refractivity contribution in [1.29, 1.82) is 0 Å². The lowest BCUT2D eigenvalue weighted by Crippen LogP contribution is -2.30. The van der Waals surface area contributed by atoms with Crippen LogP contribution in [0.2, 0.25) is 0 Å². The zero-order valence-corrected chi connectivity index (χ0v) is 9.48. The van der Waals surface area contributed by atoms with Gasteiger partial charge >= 0.3 is 0 Å². The van der Waals surface area contributed by atoms with Gasteiger partial charge in [0, 0.05) is 23.5 Å². The number of fused-ring (bicyclic) bond motifs is 2. The van der Waals surface area contributed by atoms with E-state index in [0.29, 0.717) is 5.92 Å². The van der Waals surface area contributed by atoms with E-state index >= 15 is 0 Å². The molecule has 1 heterocycles. The summed E-state index contributed by atoms with van der Waals surface area (Å²) in [6.07, 6.45) is 2.00. The summed E-state index contributed by atoms with van der Waals surface area (Å²) in [5, 5.41) is 1.24. The van der Waals surface area contributed by atoms with Gasteiger partial charge in [0.15, 0.2) is 0 Å². The summed E-state index contributed by atoms with van der Waals surface area (Å²) >= 11 is 0. The maximum absolute atomic E-state index is 6.04. The van der Waals surface area contributed by atoms with Crippen molar-refractivity contribution in [2.45, 2.75) is 31.7 Å². The maximum Gasteiger partial charge on any atom is 0.0705 e. The Kier molecular flexibility index (Phi) is 2.18. The molecule has 2 aromatic rings. The van der Waals surface area contributed by atoms with E-state index in [-0.39, 0.29) is 6.04 Å². The molecule has 2 unspecified atom stereocenters. The molecular weight excluding hydrogens is 196 g/mol. The fourth-order valence-corrected chi connectivity index (χ4v) is 2.68. The largest absolute Gasteiger partial charge is 0.327 e. The van der Waals surface area contributed by atoms with Gasteiger partial charge in [-0.15, -0.1) is 0 Å². The number of hydrogen-bond donors (Lipinski definition) is 1. The predicted molar refractivity (Wildman–Crippen MR) is 66.5 cm³/mol. The van der Waals surface area contributed by atoms with Crippen molar-refractivity contribution in [3.05, 3.63) is 41.6 Å². The lowest BCUT2D eigenvalue weighted by atomic mass is 9.83. The molecule has 0 aliphatic heterocycles. The third-order valence-electron chi connectivity index (χ3n) is 3.48. The highest BCUT2D eigenvalue weighted by molar-refractivity contribution is 5.79. The summed E-state index contributed by atoms with van der Waals surface area (Å²) in [6.45, 7) is 2.24. The number of benzene rings is 1. The Balaban J connectivity index is 2.22. The minimum atomic E-state index is 0.274. The first-order valence-electron chi connectivity index (χ1n) is 5.88. The van der Waals surface area contributed by atoms with Crippen LogP contribution in [0.5, 0.6) is 0 Å². The molecule has 2 N–H and O–H groups in total. The molecule has 0 radical (unpaired) electrons. The van der Waals surface area contributed by atoms with Crippen molar-refractivity contribution in [2.75, 3.05) is 0 Å². The van der Waals surface area contributed by atoms with E-state index in [1.165, 1.54) is 16.6 Å². The van der Waals surface area contributed by atoms with Gasteiger partial charge in [0.1, 0.15) is 0 Å². The summed E-state index contributed by atoms with van der Waals surface area (Å²) in [5.41, 5.74) is 9.72. The van der Waals surface area contributed by atoms with Crippen LogP contribution < -0.4 is 5.73 Å². The van der Waals surface area contributed by atoms with Crippen LogP contribution in [-0.2, 0) is 6.42 Å². The van der Waals surface area contributed by atoms with E-state index < -0.39 is 0 Å². The van der Waals surface area contributed by atoms with Gasteiger partial charge in [0.25, 0.3) is 0 Å². The lowest BCUT2D eigenvalue weighted by molar-refractivity contribution is 0.506. The molecule has 1 aromatic carbocycles. The van der Waals surface area contributed by atoms with Gasteiger partial charge in [-0.3, -0.25) is 4.98 Å². The highest BCUT2D eigenvalue weighted by atomic mass is 14.7. The molecular formula is C14H16N2. The highest BCUT2D eigenvalue weighted by Gasteiger charge is 2.23. The lowest BCUT2D eigenvalue weighted by Gasteiger charge is -2.26. The Hall–Kier alpha value is -1.41. The molecule has 1 aliphatic carbocycles. The Morgan fingerprint density at radius 1 is 1.31 bits per heavy atom. The fourth-order valence-electron chi connectivity index (χ4n) is 2.68. The molecule has 0 spiro atoms. The normalized spacial score (nSPS) is 24.4. The zero-order valence-electron chi connectivity index (χ0n) is 9.48. The summed E-state index contributed by atoms with van der Waals surface area (Å²) in [6, 6.07) is 10.9. The molecule has 16 heavy (non-hydrogen) atoms. The molecule has 0 saturated heterocycles. The van der Waals surface area contributed by atoms with Crippen molar-refractivity contribution in [3.8, 4) is 0 Å². The monoisotopic (exact) mass is 212 g/mol. The molecule has 2 nitrogen and oxygen atoms in total. The van der Waals surface area contributed by atoms with Gasteiger partial charge in [0.05, 0.1) is 5.52 Å². The molecule has 0 fully saturated rings. The minimum Gasteiger partial charge on any atom is -0.327 e. The van der Waals surface area contributed by atoms with Gasteiger partial charge in [-0.1, -0.05) is 25.1 Å². The highest BCUT2D eigenvalue weighted by Crippen LogP contribution is 2.31. The molecule has 1 aromatic heterocycles. The molecule has 0 bridgehead atoms. The number of rotatable bonds is 0. The maximum atomic E-state index is 6.04. The standard InChI is InChI=1S/C14H16N2/c1-9-6-11(15)8-14-12(9)7-10-4-2-3-5-13(10)16-14/h2-5,7,9,11H,6,8,15H2,1H3. The Labute approximate surface area is 95.5 Å². The van der Waals surface area contributed by atoms with Crippen molar-refractivity contribution < 1.29 is 0 Å². The van der Waals surface area contributed by atoms with E-state index in [1.807, 2.05) is 6.07 Å². The third kappa shape index (κ3) is 1.50. The van der Waals surface area contributed by atoms with Crippen LogP contribution in [0.4, 0.5) is 0 Å². The van der Waals surface area contributed by atoms with Crippen LogP contribution in [0.3, 0.4) is 0 Å². The second kappa shape index (κ2) is 3.56. The number of para-hydroxylation sites is 1. The summed E-state index contributed by atoms with van der Waals surface area (Å²) in [5.74, 6) is 0.538. The first kappa shape index (κ1) is 9.79. The molecule has 0 amide bonds. The van der Waals surface area contributed by atoms with Gasteiger partial charge < -0.3 is 5.73 Å². The van der Waals surface area contributed by atoms with E-state index in [0.717, 1.165) is 18.4 Å². The number of aromatic nitrogens is 1. The first-order chi connectivity index (χ1) is 7.74. The smallest absolute Gasteiger partial charge is 0.0705 e. The van der Waals surface area contributed by atoms with E-state index in [2.05, 4.69) is 31.2 Å². The summed E-state index contributed by atoms with van der Waals surface area (Å²) in [7, 11) is 0. The van der Waals surface area contributed by atoms with Crippen LogP contribution in [-0.4, -0.2) is 11.0 Å². The first-order valence-corrected chi connectivity index (χ1v) is 5.88. The molecule has 2 atom stereocenters. The van der Waals surface area contributed by atoms with Gasteiger partial charge in [-0.05, 0) is 30.0 Å². The van der Waals surface area contributed by atoms with Crippen LogP contribution in [0.15, 0.2) is 30.3 Å². The van der Waals surface area contributed by atoms with Crippen molar-refractivity contribution in [2.24, 2.45) is 5.73 Å². The average molecular weight is 212 g/mol. The minimum absolute atomic E-state index is 0.274.